The summed E-state index contributed by atoms with van der Waals surface area (Å²) >= 11 is 0. The molecule has 2 aromatic rings. The monoisotopic (exact) mass is 283 g/mol. The molecule has 0 atom stereocenters. The third-order valence-electron chi connectivity index (χ3n) is 3.28. The van der Waals surface area contributed by atoms with E-state index < -0.39 is 12.0 Å². The number of hydrogen-bond donors (Lipinski definition) is 0. The van der Waals surface area contributed by atoms with Crippen LogP contribution in [0.25, 0.3) is 0 Å². The summed E-state index contributed by atoms with van der Waals surface area (Å²) in [6.07, 6.45) is 0. The van der Waals surface area contributed by atoms with Gasteiger partial charge in [-0.15, -0.1) is 0 Å². The van der Waals surface area contributed by atoms with Crippen LogP contribution in [0.3, 0.4) is 0 Å². The van der Waals surface area contributed by atoms with Crippen molar-refractivity contribution in [2.75, 3.05) is 7.11 Å². The van der Waals surface area contributed by atoms with Crippen LogP contribution in [-0.4, -0.2) is 23.5 Å². The Morgan fingerprint density at radius 2 is 1.43 bits per heavy atom. The highest BCUT2D eigenvalue weighted by molar-refractivity contribution is 6.33. The SMILES string of the molecule is COC(=O)/C(C)=[N+](\[O-])C(c1ccccc1)c1ccccc1. The molecule has 0 fully saturated rings. The van der Waals surface area contributed by atoms with E-state index in [0.717, 1.165) is 11.1 Å². The summed E-state index contributed by atoms with van der Waals surface area (Å²) in [5, 5.41) is 12.6. The lowest BCUT2D eigenvalue weighted by Crippen LogP contribution is -2.27. The van der Waals surface area contributed by atoms with Crippen LogP contribution in [-0.2, 0) is 9.53 Å². The molecular weight excluding hydrogens is 266 g/mol. The number of benzene rings is 2. The normalized spacial score (nSPS) is 12.0. The van der Waals surface area contributed by atoms with Crippen molar-refractivity contribution in [2.45, 2.75) is 13.0 Å². The first-order valence-corrected chi connectivity index (χ1v) is 6.63. The molecule has 108 valence electrons. The molecule has 4 nitrogen and oxygen atoms in total. The zero-order chi connectivity index (χ0) is 15.2. The topological polar surface area (TPSA) is 52.4 Å². The van der Waals surface area contributed by atoms with E-state index >= 15 is 0 Å². The van der Waals surface area contributed by atoms with Crippen LogP contribution < -0.4 is 0 Å². The Morgan fingerprint density at radius 1 is 1.00 bits per heavy atom. The number of ether oxygens (including phenoxy) is 1. The van der Waals surface area contributed by atoms with Crippen molar-refractivity contribution < 1.29 is 14.3 Å². The van der Waals surface area contributed by atoms with Crippen molar-refractivity contribution in [2.24, 2.45) is 0 Å². The molecule has 0 spiro atoms. The molecule has 0 aliphatic rings. The van der Waals surface area contributed by atoms with Gasteiger partial charge in [0.15, 0.2) is 0 Å². The maximum Gasteiger partial charge on any atom is 0.399 e. The Balaban J connectivity index is 2.55. The fraction of sp³-hybridized carbons (Fsp3) is 0.176. The van der Waals surface area contributed by atoms with Gasteiger partial charge in [0, 0.05) is 18.1 Å². The molecule has 0 aliphatic carbocycles. The molecule has 0 aromatic heterocycles. The number of hydroxylamine groups is 1. The van der Waals surface area contributed by atoms with E-state index in [-0.39, 0.29) is 5.71 Å². The molecule has 0 aliphatic heterocycles. The van der Waals surface area contributed by atoms with Gasteiger partial charge in [-0.1, -0.05) is 60.7 Å². The van der Waals surface area contributed by atoms with Crippen LogP contribution >= 0.6 is 0 Å². The first-order chi connectivity index (χ1) is 10.1. The summed E-state index contributed by atoms with van der Waals surface area (Å²) in [4.78, 5) is 11.6. The first kappa shape index (κ1) is 14.8. The number of rotatable bonds is 4. The van der Waals surface area contributed by atoms with Gasteiger partial charge in [-0.2, -0.15) is 4.74 Å². The molecule has 4 heteroatoms. The molecule has 0 heterocycles. The van der Waals surface area contributed by atoms with Crippen LogP contribution in [0.1, 0.15) is 24.1 Å². The number of hydrogen-bond acceptors (Lipinski definition) is 3. The predicted octanol–water partition coefficient (Wildman–Crippen LogP) is 2.92. The summed E-state index contributed by atoms with van der Waals surface area (Å²) in [6.45, 7) is 1.47. The van der Waals surface area contributed by atoms with E-state index in [1.807, 2.05) is 60.7 Å². The fourth-order valence-corrected chi connectivity index (χ4v) is 2.17. The van der Waals surface area contributed by atoms with Gasteiger partial charge < -0.3 is 9.94 Å². The van der Waals surface area contributed by atoms with Gasteiger partial charge in [-0.3, -0.25) is 0 Å². The Kier molecular flexibility index (Phi) is 4.72. The summed E-state index contributed by atoms with van der Waals surface area (Å²) in [5.41, 5.74) is 1.67. The summed E-state index contributed by atoms with van der Waals surface area (Å²) in [7, 11) is 1.26. The zero-order valence-corrected chi connectivity index (χ0v) is 12.0. The highest BCUT2D eigenvalue weighted by Gasteiger charge is 2.26. The lowest BCUT2D eigenvalue weighted by Gasteiger charge is -2.19. The summed E-state index contributed by atoms with van der Waals surface area (Å²) in [5.74, 6) is -0.623. The first-order valence-electron chi connectivity index (χ1n) is 6.63. The van der Waals surface area contributed by atoms with Crippen LogP contribution in [0.15, 0.2) is 60.7 Å². The van der Waals surface area contributed by atoms with Crippen LogP contribution in [0, 0.1) is 5.21 Å². The second kappa shape index (κ2) is 6.70. The van der Waals surface area contributed by atoms with Crippen LogP contribution in [0.4, 0.5) is 0 Å². The van der Waals surface area contributed by atoms with E-state index in [9.17, 15) is 10.0 Å². The molecule has 2 rings (SSSR count). The van der Waals surface area contributed by atoms with Crippen LogP contribution in [0.5, 0.6) is 0 Å². The van der Waals surface area contributed by atoms with Crippen molar-refractivity contribution >= 4 is 11.7 Å². The number of esters is 1. The van der Waals surface area contributed by atoms with E-state index in [0.29, 0.717) is 4.74 Å². The molecule has 2 aromatic carbocycles. The van der Waals surface area contributed by atoms with Gasteiger partial charge in [-0.05, 0) is 0 Å². The maximum atomic E-state index is 12.6. The van der Waals surface area contributed by atoms with Gasteiger partial charge in [0.25, 0.3) is 5.71 Å². The molecule has 0 saturated carbocycles. The molecule has 0 bridgehead atoms. The molecule has 0 amide bonds. The molecule has 0 unspecified atom stereocenters. The lowest BCUT2D eigenvalue weighted by atomic mass is 9.99. The van der Waals surface area contributed by atoms with Gasteiger partial charge in [0.2, 0.25) is 6.04 Å². The van der Waals surface area contributed by atoms with E-state index in [2.05, 4.69) is 4.74 Å². The Hall–Kier alpha value is -2.62. The summed E-state index contributed by atoms with van der Waals surface area (Å²) < 4.78 is 5.34. The maximum absolute atomic E-state index is 12.6. The smallest absolute Gasteiger partial charge is 0.399 e. The number of methoxy groups -OCH3 is 1. The number of carbonyl (C=O) groups excluding carboxylic acids is 1. The number of carbonyl (C=O) groups is 1. The van der Waals surface area contributed by atoms with Crippen molar-refractivity contribution in [3.63, 3.8) is 0 Å². The second-order valence-electron chi connectivity index (χ2n) is 4.63. The minimum atomic E-state index is -0.623. The highest BCUT2D eigenvalue weighted by atomic mass is 16.5. The van der Waals surface area contributed by atoms with Gasteiger partial charge in [-0.25, -0.2) is 4.79 Å². The van der Waals surface area contributed by atoms with Gasteiger partial charge in [0.1, 0.15) is 0 Å². The minimum absolute atomic E-state index is 0.0233. The Labute approximate surface area is 123 Å². The third kappa shape index (κ3) is 3.28. The number of nitrogens with zero attached hydrogens (tertiary/aromatic N) is 1. The van der Waals surface area contributed by atoms with E-state index in [4.69, 9.17) is 0 Å². The predicted molar refractivity (Wildman–Crippen MR) is 81.1 cm³/mol. The lowest BCUT2D eigenvalue weighted by molar-refractivity contribution is -0.495. The van der Waals surface area contributed by atoms with Gasteiger partial charge in [0.05, 0.1) is 7.11 Å². The molecule has 0 saturated heterocycles. The average molecular weight is 283 g/mol. The Morgan fingerprint density at radius 3 is 1.81 bits per heavy atom. The van der Waals surface area contributed by atoms with Gasteiger partial charge >= 0.3 is 5.97 Å². The Bertz CT molecular complexity index is 596. The van der Waals surface area contributed by atoms with Crippen molar-refractivity contribution in [1.82, 2.24) is 0 Å². The zero-order valence-electron chi connectivity index (χ0n) is 12.0. The molecular formula is C17H17NO3. The standard InChI is InChI=1S/C17H17NO3/c1-13(17(19)21-2)18(20)16(14-9-5-3-6-10-14)15-11-7-4-8-12-15/h3-12,16H,1-2H3/b18-13-. The third-order valence-corrected chi connectivity index (χ3v) is 3.28. The molecule has 21 heavy (non-hydrogen) atoms. The molecule has 0 N–H and O–H groups in total. The van der Waals surface area contributed by atoms with Crippen molar-refractivity contribution in [3.05, 3.63) is 77.0 Å². The quantitative estimate of drug-likeness (QED) is 0.285. The highest BCUT2D eigenvalue weighted by Crippen LogP contribution is 2.25. The summed E-state index contributed by atoms with van der Waals surface area (Å²) in [6, 6.07) is 18.1. The van der Waals surface area contributed by atoms with Crippen LogP contribution in [0.2, 0.25) is 0 Å². The fourth-order valence-electron chi connectivity index (χ4n) is 2.17. The van der Waals surface area contributed by atoms with Crippen molar-refractivity contribution in [1.29, 1.82) is 0 Å². The van der Waals surface area contributed by atoms with E-state index in [1.54, 1.807) is 0 Å². The minimum Gasteiger partial charge on any atom is -0.623 e. The van der Waals surface area contributed by atoms with Crippen molar-refractivity contribution in [3.8, 4) is 0 Å². The largest absolute Gasteiger partial charge is 0.623 e. The average Bonchev–Trinajstić information content (AvgIpc) is 2.55. The molecule has 0 radical (unpaired) electrons. The second-order valence-corrected chi connectivity index (χ2v) is 4.63. The van der Waals surface area contributed by atoms with E-state index in [1.165, 1.54) is 14.0 Å².